The van der Waals surface area contributed by atoms with Crippen molar-refractivity contribution in [1.29, 1.82) is 0 Å². The molecule has 0 saturated carbocycles. The van der Waals surface area contributed by atoms with Crippen LogP contribution in [0.4, 0.5) is 37.7 Å². The Morgan fingerprint density at radius 1 is 0.621 bits per heavy atom. The van der Waals surface area contributed by atoms with Crippen LogP contribution in [-0.2, 0) is 45.5 Å². The molecule has 0 aromatic heterocycles. The second kappa shape index (κ2) is 16.7. The van der Waals surface area contributed by atoms with E-state index in [1.165, 1.54) is 30.3 Å². The van der Waals surface area contributed by atoms with Gasteiger partial charge in [-0.05, 0) is 107 Å². The van der Waals surface area contributed by atoms with Crippen molar-refractivity contribution in [3.8, 4) is 22.3 Å². The maximum absolute atomic E-state index is 13.0. The first-order valence-electron chi connectivity index (χ1n) is 17.3. The van der Waals surface area contributed by atoms with Gasteiger partial charge in [-0.25, -0.2) is 8.42 Å². The second-order valence-corrected chi connectivity index (χ2v) is 16.3. The number of hydrogen-bond acceptors (Lipinski definition) is 5. The normalized spacial score (nSPS) is 14.2. The number of carbonyl (C=O) groups excluding carboxylic acids is 2. The predicted molar refractivity (Wildman–Crippen MR) is 211 cm³/mol. The van der Waals surface area contributed by atoms with Crippen molar-refractivity contribution in [1.82, 2.24) is 9.80 Å². The average Bonchev–Trinajstić information content (AvgIpc) is 3.16. The van der Waals surface area contributed by atoms with E-state index >= 15 is 0 Å². The number of hydrogen-bond donors (Lipinski definition) is 2. The Balaban J connectivity index is 0.000000208. The number of halogens is 9. The van der Waals surface area contributed by atoms with Crippen LogP contribution in [0.5, 0.6) is 0 Å². The number of sulfonamides is 1. The van der Waals surface area contributed by atoms with Gasteiger partial charge in [0.05, 0.1) is 4.90 Å². The molecule has 5 aromatic rings. The molecule has 0 bridgehead atoms. The van der Waals surface area contributed by atoms with Gasteiger partial charge in [-0.3, -0.25) is 14.3 Å². The van der Waals surface area contributed by atoms with Gasteiger partial charge >= 0.3 is 24.2 Å². The summed E-state index contributed by atoms with van der Waals surface area (Å²) in [6, 6.07) is 26.0. The third-order valence-corrected chi connectivity index (χ3v) is 11.8. The monoisotopic (exact) mass is 882 g/mol. The van der Waals surface area contributed by atoms with Gasteiger partial charge in [-0.1, -0.05) is 71.2 Å². The molecule has 8 nitrogen and oxygen atoms in total. The number of amides is 2. The molecule has 0 saturated heterocycles. The van der Waals surface area contributed by atoms with Crippen molar-refractivity contribution in [3.63, 3.8) is 0 Å². The summed E-state index contributed by atoms with van der Waals surface area (Å²) in [4.78, 5) is 24.8. The summed E-state index contributed by atoms with van der Waals surface area (Å²) < 4.78 is 105. The van der Waals surface area contributed by atoms with E-state index in [2.05, 4.69) is 4.72 Å². The summed E-state index contributed by atoms with van der Waals surface area (Å²) in [6.07, 6.45) is -9.40. The molecule has 0 radical (unpaired) electrons. The fourth-order valence-corrected chi connectivity index (χ4v) is 8.50. The lowest BCUT2D eigenvalue weighted by Gasteiger charge is -2.31. The number of fused-ring (bicyclic) bond motifs is 2. The zero-order valence-electron chi connectivity index (χ0n) is 29.9. The van der Waals surface area contributed by atoms with E-state index in [4.69, 9.17) is 40.5 Å². The summed E-state index contributed by atoms with van der Waals surface area (Å²) in [5.74, 6) is -3.76. The molecule has 3 N–H and O–H groups in total. The summed E-state index contributed by atoms with van der Waals surface area (Å²) in [5.41, 5.74) is 11.8. The Bertz CT molecular complexity index is 2500. The number of benzene rings is 5. The zero-order chi connectivity index (χ0) is 42.2. The highest BCUT2D eigenvalue weighted by molar-refractivity contribution is 7.92. The molecule has 0 fully saturated rings. The fraction of sp³-hybridized carbons (Fsp3) is 0.200. The second-order valence-electron chi connectivity index (χ2n) is 13.3. The van der Waals surface area contributed by atoms with Gasteiger partial charge in [0.15, 0.2) is 0 Å². The number of nitrogens with one attached hydrogen (secondary N) is 1. The molecule has 0 atom stereocenters. The van der Waals surface area contributed by atoms with Gasteiger partial charge in [0, 0.05) is 63.7 Å². The van der Waals surface area contributed by atoms with E-state index in [1.54, 1.807) is 54.6 Å². The maximum Gasteiger partial charge on any atom is 0.471 e. The smallest absolute Gasteiger partial charge is 0.399 e. The van der Waals surface area contributed by atoms with Crippen LogP contribution in [0, 0.1) is 0 Å². The minimum absolute atomic E-state index is 0.00666. The lowest BCUT2D eigenvalue weighted by molar-refractivity contribution is -0.186. The Morgan fingerprint density at radius 2 is 1.07 bits per heavy atom. The van der Waals surface area contributed by atoms with Gasteiger partial charge in [0.2, 0.25) is 0 Å². The van der Waals surface area contributed by atoms with Crippen molar-refractivity contribution in [2.24, 2.45) is 0 Å². The third kappa shape index (κ3) is 9.49. The molecule has 304 valence electrons. The van der Waals surface area contributed by atoms with E-state index in [-0.39, 0.29) is 43.2 Å². The third-order valence-electron chi connectivity index (χ3n) is 9.46. The van der Waals surface area contributed by atoms with Crippen LogP contribution < -0.4 is 10.5 Å². The van der Waals surface area contributed by atoms with E-state index < -0.39 is 34.2 Å². The number of nitrogens with two attached hydrogens (primary N) is 1. The van der Waals surface area contributed by atoms with Crippen LogP contribution in [0.25, 0.3) is 22.3 Å². The molecule has 2 heterocycles. The Kier molecular flexibility index (Phi) is 12.3. The van der Waals surface area contributed by atoms with Crippen LogP contribution in [0.1, 0.15) is 22.3 Å². The van der Waals surface area contributed by atoms with Crippen LogP contribution in [0.15, 0.2) is 102 Å². The number of alkyl halides is 6. The van der Waals surface area contributed by atoms with Crippen molar-refractivity contribution >= 4 is 68.0 Å². The minimum atomic E-state index is -5.00. The Hall–Kier alpha value is -4.96. The molecular weight excluding hydrogens is 853 g/mol. The summed E-state index contributed by atoms with van der Waals surface area (Å²) in [7, 11) is -4.02. The number of nitrogen functional groups attached to an aromatic ring is 1. The first-order chi connectivity index (χ1) is 27.2. The Morgan fingerprint density at radius 3 is 1.53 bits per heavy atom. The van der Waals surface area contributed by atoms with Crippen molar-refractivity contribution in [2.75, 3.05) is 23.5 Å². The zero-order valence-corrected chi connectivity index (χ0v) is 33.0. The molecule has 5 aromatic carbocycles. The lowest BCUT2D eigenvalue weighted by Crippen LogP contribution is -2.43. The van der Waals surface area contributed by atoms with Crippen LogP contribution in [-0.4, -0.2) is 55.5 Å². The first-order valence-corrected chi connectivity index (χ1v) is 19.9. The van der Waals surface area contributed by atoms with Gasteiger partial charge < -0.3 is 15.5 Å². The molecule has 18 heteroatoms. The Labute approximate surface area is 344 Å². The lowest BCUT2D eigenvalue weighted by atomic mass is 9.90. The van der Waals surface area contributed by atoms with Gasteiger partial charge in [0.1, 0.15) is 0 Å². The molecule has 0 aliphatic carbocycles. The first kappa shape index (κ1) is 42.6. The highest BCUT2D eigenvalue weighted by Gasteiger charge is 2.44. The summed E-state index contributed by atoms with van der Waals surface area (Å²) in [5, 5.41) is 1.30. The van der Waals surface area contributed by atoms with E-state index in [0.29, 0.717) is 59.9 Å². The summed E-state index contributed by atoms with van der Waals surface area (Å²) >= 11 is 18.4. The minimum Gasteiger partial charge on any atom is -0.399 e. The molecule has 0 unspecified atom stereocenters. The number of rotatable bonds is 5. The molecule has 58 heavy (non-hydrogen) atoms. The van der Waals surface area contributed by atoms with Crippen molar-refractivity contribution in [3.05, 3.63) is 134 Å². The van der Waals surface area contributed by atoms with Crippen molar-refractivity contribution < 1.29 is 44.3 Å². The van der Waals surface area contributed by atoms with E-state index in [9.17, 15) is 44.3 Å². The topological polar surface area (TPSA) is 113 Å². The highest BCUT2D eigenvalue weighted by Crippen LogP contribution is 2.39. The van der Waals surface area contributed by atoms with Gasteiger partial charge in [0.25, 0.3) is 10.0 Å². The fourth-order valence-electron chi connectivity index (χ4n) is 6.86. The number of anilines is 2. The molecular formula is C40H31Cl3F6N4O4S. The number of nitrogens with zero attached hydrogens (tertiary/aromatic N) is 2. The quantitative estimate of drug-likeness (QED) is 0.135. The van der Waals surface area contributed by atoms with Crippen LogP contribution in [0.3, 0.4) is 0 Å². The predicted octanol–water partition coefficient (Wildman–Crippen LogP) is 9.94. The molecule has 7 rings (SSSR count). The van der Waals surface area contributed by atoms with E-state index in [1.807, 2.05) is 12.1 Å². The number of carbonyl (C=O) groups is 2. The molecule has 2 aliphatic heterocycles. The molecule has 0 spiro atoms. The summed E-state index contributed by atoms with van der Waals surface area (Å²) in [6.45, 7) is -0.552. The van der Waals surface area contributed by atoms with Gasteiger partial charge in [-0.2, -0.15) is 26.3 Å². The maximum atomic E-state index is 13.0. The molecule has 2 aliphatic rings. The van der Waals surface area contributed by atoms with Crippen LogP contribution >= 0.6 is 34.8 Å². The van der Waals surface area contributed by atoms with E-state index in [0.717, 1.165) is 21.6 Å². The largest absolute Gasteiger partial charge is 0.471 e. The van der Waals surface area contributed by atoms with Crippen molar-refractivity contribution in [2.45, 2.75) is 43.2 Å². The van der Waals surface area contributed by atoms with Gasteiger partial charge in [-0.15, -0.1) is 0 Å². The standard InChI is InChI=1S/C23H17Cl2F3N2O3S.C17H14ClF3N2O/c24-15-5-7-17(8-6-15)34(32,33)29-16-11-14-13-30(22(31)23(26,27)28)10-9-18(14)20(12-16)19-3-1-2-4-21(19)25;18-15-4-2-1-3-13(15)14-8-11(22)7-10-9-23(6-5-12(10)14)16(24)17(19,20)21/h1-8,11-12,29H,9-10,13H2;1-4,7-8H,5-6,9,22H2. The highest BCUT2D eigenvalue weighted by atomic mass is 35.5. The average molecular weight is 884 g/mol. The SMILES string of the molecule is Nc1cc2c(c(-c3ccccc3Cl)c1)CCN(C(=O)C(F)(F)F)C2.O=C(N1CCc2c(cc(NS(=O)(=O)c3ccc(Cl)cc3)cc2-c2ccccc2Cl)C1)C(F)(F)F. The van der Waals surface area contributed by atoms with Crippen LogP contribution in [0.2, 0.25) is 15.1 Å². The molecule has 2 amide bonds.